The monoisotopic (exact) mass is 265 g/mol. The fraction of sp³-hybridized carbons (Fsp3) is 0.667. The summed E-state index contributed by atoms with van der Waals surface area (Å²) in [5.74, 6) is 1.11. The first-order chi connectivity index (χ1) is 8.60. The third-order valence-corrected chi connectivity index (χ3v) is 4.74. The van der Waals surface area contributed by atoms with Gasteiger partial charge in [-0.2, -0.15) is 0 Å². The molecule has 100 valence electrons. The van der Waals surface area contributed by atoms with Crippen molar-refractivity contribution in [2.45, 2.75) is 40.0 Å². The van der Waals surface area contributed by atoms with Gasteiger partial charge in [0.1, 0.15) is 0 Å². The number of thiophene rings is 1. The Morgan fingerprint density at radius 2 is 2.28 bits per heavy atom. The van der Waals surface area contributed by atoms with Crippen molar-refractivity contribution < 1.29 is 4.79 Å². The number of rotatable bonds is 5. The lowest BCUT2D eigenvalue weighted by molar-refractivity contribution is 0.0943. The molecule has 18 heavy (non-hydrogen) atoms. The molecule has 0 amide bonds. The maximum atomic E-state index is 12.3. The van der Waals surface area contributed by atoms with Crippen molar-refractivity contribution in [3.05, 3.63) is 21.4 Å². The maximum Gasteiger partial charge on any atom is 0.177 e. The fourth-order valence-electron chi connectivity index (χ4n) is 2.90. The van der Waals surface area contributed by atoms with Crippen LogP contribution >= 0.6 is 11.3 Å². The summed E-state index contributed by atoms with van der Waals surface area (Å²) >= 11 is 1.72. The Kier molecular flexibility index (Phi) is 4.57. The van der Waals surface area contributed by atoms with Crippen LogP contribution in [-0.4, -0.2) is 30.3 Å². The zero-order chi connectivity index (χ0) is 13.1. The Bertz CT molecular complexity index is 424. The second-order valence-electron chi connectivity index (χ2n) is 5.43. The summed E-state index contributed by atoms with van der Waals surface area (Å²) in [7, 11) is 0. The second-order valence-corrected chi connectivity index (χ2v) is 6.89. The van der Waals surface area contributed by atoms with E-state index in [-0.39, 0.29) is 0 Å². The molecular formula is C15H23NOS. The normalized spacial score (nSPS) is 20.5. The number of aryl methyl sites for hydroxylation is 2. The molecule has 1 fully saturated rings. The van der Waals surface area contributed by atoms with Gasteiger partial charge in [0.15, 0.2) is 5.78 Å². The van der Waals surface area contributed by atoms with Crippen LogP contribution in [0.4, 0.5) is 0 Å². The van der Waals surface area contributed by atoms with Gasteiger partial charge in [0.25, 0.3) is 0 Å². The van der Waals surface area contributed by atoms with Gasteiger partial charge in [-0.3, -0.25) is 9.69 Å². The lowest BCUT2D eigenvalue weighted by Crippen LogP contribution is -2.28. The lowest BCUT2D eigenvalue weighted by atomic mass is 10.0. The van der Waals surface area contributed by atoms with Crippen LogP contribution in [0.2, 0.25) is 0 Å². The lowest BCUT2D eigenvalue weighted by Gasteiger charge is -2.14. The number of hydrogen-bond acceptors (Lipinski definition) is 3. The van der Waals surface area contributed by atoms with Gasteiger partial charge in [0.2, 0.25) is 0 Å². The van der Waals surface area contributed by atoms with Gasteiger partial charge < -0.3 is 0 Å². The molecule has 0 spiro atoms. The van der Waals surface area contributed by atoms with E-state index in [0.29, 0.717) is 12.3 Å². The molecule has 0 aromatic carbocycles. The largest absolute Gasteiger partial charge is 0.296 e. The predicted octanol–water partition coefficient (Wildman–Crippen LogP) is 3.67. The van der Waals surface area contributed by atoms with E-state index in [1.54, 1.807) is 11.3 Å². The molecule has 1 unspecified atom stereocenters. The molecule has 2 rings (SSSR count). The van der Waals surface area contributed by atoms with Crippen molar-refractivity contribution in [2.75, 3.05) is 19.6 Å². The molecule has 2 nitrogen and oxygen atoms in total. The van der Waals surface area contributed by atoms with Gasteiger partial charge in [-0.1, -0.05) is 13.3 Å². The van der Waals surface area contributed by atoms with Crippen molar-refractivity contribution in [1.29, 1.82) is 0 Å². The molecule has 0 saturated carbocycles. The molecule has 2 heterocycles. The third kappa shape index (κ3) is 3.21. The SMILES string of the molecule is CCCC1CCN(CC(=O)c2cc(C)sc2C)C1. The van der Waals surface area contributed by atoms with Crippen molar-refractivity contribution in [2.24, 2.45) is 5.92 Å². The zero-order valence-electron chi connectivity index (χ0n) is 11.7. The summed E-state index contributed by atoms with van der Waals surface area (Å²) < 4.78 is 0. The highest BCUT2D eigenvalue weighted by molar-refractivity contribution is 7.12. The minimum absolute atomic E-state index is 0.300. The van der Waals surface area contributed by atoms with E-state index in [1.165, 1.54) is 29.0 Å². The highest BCUT2D eigenvalue weighted by Crippen LogP contribution is 2.24. The third-order valence-electron chi connectivity index (χ3n) is 3.78. The summed E-state index contributed by atoms with van der Waals surface area (Å²) in [6.07, 6.45) is 3.83. The van der Waals surface area contributed by atoms with Crippen LogP contribution in [0.3, 0.4) is 0 Å². The van der Waals surface area contributed by atoms with Gasteiger partial charge in [-0.25, -0.2) is 0 Å². The van der Waals surface area contributed by atoms with Crippen molar-refractivity contribution in [3.63, 3.8) is 0 Å². The van der Waals surface area contributed by atoms with E-state index >= 15 is 0 Å². The first-order valence-corrected chi connectivity index (χ1v) is 7.74. The molecule has 1 atom stereocenters. The number of hydrogen-bond donors (Lipinski definition) is 0. The first-order valence-electron chi connectivity index (χ1n) is 6.92. The molecule has 1 aromatic rings. The predicted molar refractivity (Wildman–Crippen MR) is 77.6 cm³/mol. The average molecular weight is 265 g/mol. The number of Topliss-reactive ketones (excluding diaryl/α,β-unsaturated/α-hetero) is 1. The smallest absolute Gasteiger partial charge is 0.177 e. The number of carbonyl (C=O) groups is 1. The number of likely N-dealkylation sites (tertiary alicyclic amines) is 1. The van der Waals surface area contributed by atoms with Crippen molar-refractivity contribution >= 4 is 17.1 Å². The summed E-state index contributed by atoms with van der Waals surface area (Å²) in [5.41, 5.74) is 0.941. The Hall–Kier alpha value is -0.670. The Labute approximate surface area is 114 Å². The van der Waals surface area contributed by atoms with E-state index in [9.17, 15) is 4.79 Å². The minimum Gasteiger partial charge on any atom is -0.296 e. The summed E-state index contributed by atoms with van der Waals surface area (Å²) in [5, 5.41) is 0. The van der Waals surface area contributed by atoms with Crippen LogP contribution in [0.5, 0.6) is 0 Å². The van der Waals surface area contributed by atoms with Crippen LogP contribution in [0.25, 0.3) is 0 Å². The first kappa shape index (κ1) is 13.8. The minimum atomic E-state index is 0.300. The quantitative estimate of drug-likeness (QED) is 0.757. The van der Waals surface area contributed by atoms with E-state index in [1.807, 2.05) is 6.07 Å². The standard InChI is InChI=1S/C15H23NOS/c1-4-5-13-6-7-16(9-13)10-15(17)14-8-11(2)18-12(14)3/h8,13H,4-7,9-10H2,1-3H3. The number of carbonyl (C=O) groups excluding carboxylic acids is 1. The van der Waals surface area contributed by atoms with Crippen LogP contribution in [0, 0.1) is 19.8 Å². The van der Waals surface area contributed by atoms with Crippen LogP contribution in [0.15, 0.2) is 6.07 Å². The van der Waals surface area contributed by atoms with Crippen LogP contribution in [0.1, 0.15) is 46.3 Å². The number of nitrogens with zero attached hydrogens (tertiary/aromatic N) is 1. The van der Waals surface area contributed by atoms with Crippen LogP contribution in [-0.2, 0) is 0 Å². The summed E-state index contributed by atoms with van der Waals surface area (Å²) in [6.45, 7) is 9.18. The molecule has 0 radical (unpaired) electrons. The van der Waals surface area contributed by atoms with Gasteiger partial charge in [-0.15, -0.1) is 11.3 Å². The molecule has 0 N–H and O–H groups in total. The molecule has 1 saturated heterocycles. The zero-order valence-corrected chi connectivity index (χ0v) is 12.5. The van der Waals surface area contributed by atoms with E-state index < -0.39 is 0 Å². The van der Waals surface area contributed by atoms with E-state index in [4.69, 9.17) is 0 Å². The molecule has 0 bridgehead atoms. The molecule has 1 aliphatic heterocycles. The van der Waals surface area contributed by atoms with Gasteiger partial charge in [-0.05, 0) is 45.2 Å². The van der Waals surface area contributed by atoms with Gasteiger partial charge in [0, 0.05) is 21.9 Å². The topological polar surface area (TPSA) is 20.3 Å². The molecule has 1 aliphatic rings. The maximum absolute atomic E-state index is 12.3. The molecule has 1 aromatic heterocycles. The Balaban J connectivity index is 1.91. The average Bonchev–Trinajstić information content (AvgIpc) is 2.86. The van der Waals surface area contributed by atoms with E-state index in [0.717, 1.165) is 24.6 Å². The molecule has 0 aliphatic carbocycles. The Morgan fingerprint density at radius 3 is 2.89 bits per heavy atom. The fourth-order valence-corrected chi connectivity index (χ4v) is 3.84. The molecule has 3 heteroatoms. The van der Waals surface area contributed by atoms with E-state index in [2.05, 4.69) is 25.7 Å². The van der Waals surface area contributed by atoms with Gasteiger partial charge >= 0.3 is 0 Å². The summed E-state index contributed by atoms with van der Waals surface area (Å²) in [6, 6.07) is 2.04. The Morgan fingerprint density at radius 1 is 1.50 bits per heavy atom. The highest BCUT2D eigenvalue weighted by atomic mass is 32.1. The molecular weight excluding hydrogens is 242 g/mol. The second kappa shape index (κ2) is 5.98. The highest BCUT2D eigenvalue weighted by Gasteiger charge is 2.24. The van der Waals surface area contributed by atoms with Crippen LogP contribution < -0.4 is 0 Å². The van der Waals surface area contributed by atoms with Crippen molar-refractivity contribution in [1.82, 2.24) is 4.90 Å². The van der Waals surface area contributed by atoms with Gasteiger partial charge in [0.05, 0.1) is 6.54 Å². The summed E-state index contributed by atoms with van der Waals surface area (Å²) in [4.78, 5) is 17.0. The number of ketones is 1. The van der Waals surface area contributed by atoms with Crippen molar-refractivity contribution in [3.8, 4) is 0 Å².